The lowest BCUT2D eigenvalue weighted by atomic mass is 9.99. The second kappa shape index (κ2) is 6.48. The van der Waals surface area contributed by atoms with E-state index in [1.54, 1.807) is 19.1 Å². The molecule has 4 heteroatoms. The van der Waals surface area contributed by atoms with E-state index in [1.165, 1.54) is 12.1 Å². The Morgan fingerprint density at radius 2 is 1.79 bits per heavy atom. The Labute approximate surface area is 140 Å². The number of rotatable bonds is 4. The molecule has 3 nitrogen and oxygen atoms in total. The van der Waals surface area contributed by atoms with Gasteiger partial charge < -0.3 is 9.30 Å². The highest BCUT2D eigenvalue weighted by Gasteiger charge is 2.26. The van der Waals surface area contributed by atoms with E-state index in [9.17, 15) is 9.18 Å². The molecule has 0 fully saturated rings. The molecular formula is C20H20FNO2. The van der Waals surface area contributed by atoms with Crippen LogP contribution in [0.1, 0.15) is 42.7 Å². The number of esters is 1. The fourth-order valence-corrected chi connectivity index (χ4v) is 3.11. The molecule has 0 saturated carbocycles. The molecule has 0 unspecified atom stereocenters. The van der Waals surface area contributed by atoms with Crippen LogP contribution < -0.4 is 0 Å². The monoisotopic (exact) mass is 325 g/mol. The summed E-state index contributed by atoms with van der Waals surface area (Å²) >= 11 is 0. The molecule has 124 valence electrons. The number of halogens is 1. The van der Waals surface area contributed by atoms with Crippen molar-refractivity contribution in [3.05, 3.63) is 65.6 Å². The van der Waals surface area contributed by atoms with Gasteiger partial charge in [0.15, 0.2) is 0 Å². The minimum absolute atomic E-state index is 0.149. The van der Waals surface area contributed by atoms with E-state index in [2.05, 4.69) is 13.8 Å². The first-order chi connectivity index (χ1) is 11.5. The van der Waals surface area contributed by atoms with Gasteiger partial charge in [-0.15, -0.1) is 0 Å². The second-order valence-corrected chi connectivity index (χ2v) is 5.97. The van der Waals surface area contributed by atoms with Gasteiger partial charge in [-0.05, 0) is 48.7 Å². The largest absolute Gasteiger partial charge is 0.461 e. The highest BCUT2D eigenvalue weighted by molar-refractivity contribution is 6.00. The standard InChI is InChI=1S/C20H20FNO2/c1-4-24-20(23)19-18(13(2)3)16-7-5-6-8-17(16)22(19)15-11-9-14(21)10-12-15/h5-13H,4H2,1-3H3. The van der Waals surface area contributed by atoms with Crippen LogP contribution in [0.5, 0.6) is 0 Å². The van der Waals surface area contributed by atoms with Gasteiger partial charge in [0.25, 0.3) is 0 Å². The van der Waals surface area contributed by atoms with Crippen LogP contribution in [0.3, 0.4) is 0 Å². The van der Waals surface area contributed by atoms with Crippen molar-refractivity contribution in [2.75, 3.05) is 6.61 Å². The van der Waals surface area contributed by atoms with E-state index in [-0.39, 0.29) is 17.7 Å². The van der Waals surface area contributed by atoms with Crippen LogP contribution in [0.2, 0.25) is 0 Å². The molecule has 0 spiro atoms. The molecule has 1 aromatic heterocycles. The molecule has 1 heterocycles. The molecule has 0 radical (unpaired) electrons. The number of hydrogen-bond donors (Lipinski definition) is 0. The molecule has 0 aliphatic heterocycles. The van der Waals surface area contributed by atoms with Gasteiger partial charge in [0.05, 0.1) is 12.1 Å². The van der Waals surface area contributed by atoms with Crippen LogP contribution in [-0.2, 0) is 4.74 Å². The lowest BCUT2D eigenvalue weighted by Gasteiger charge is -2.13. The fraction of sp³-hybridized carbons (Fsp3) is 0.250. The second-order valence-electron chi connectivity index (χ2n) is 5.97. The number of nitrogens with zero attached hydrogens (tertiary/aromatic N) is 1. The van der Waals surface area contributed by atoms with Crippen molar-refractivity contribution in [1.29, 1.82) is 0 Å². The molecule has 3 rings (SSSR count). The lowest BCUT2D eigenvalue weighted by molar-refractivity contribution is 0.0515. The summed E-state index contributed by atoms with van der Waals surface area (Å²) in [4.78, 5) is 12.7. The van der Waals surface area contributed by atoms with Gasteiger partial charge in [0.1, 0.15) is 11.5 Å². The summed E-state index contributed by atoms with van der Waals surface area (Å²) in [6.07, 6.45) is 0. The Hall–Kier alpha value is -2.62. The number of benzene rings is 2. The molecule has 0 bridgehead atoms. The Morgan fingerprint density at radius 1 is 1.12 bits per heavy atom. The Bertz CT molecular complexity index is 879. The van der Waals surface area contributed by atoms with E-state index >= 15 is 0 Å². The van der Waals surface area contributed by atoms with Gasteiger partial charge in [-0.25, -0.2) is 9.18 Å². The van der Waals surface area contributed by atoms with Gasteiger partial charge in [-0.3, -0.25) is 0 Å². The first kappa shape index (κ1) is 16.2. The molecule has 24 heavy (non-hydrogen) atoms. The zero-order chi connectivity index (χ0) is 17.3. The van der Waals surface area contributed by atoms with E-state index in [4.69, 9.17) is 4.74 Å². The SMILES string of the molecule is CCOC(=O)c1c(C(C)C)c2ccccc2n1-c1ccc(F)cc1. The quantitative estimate of drug-likeness (QED) is 0.627. The van der Waals surface area contributed by atoms with Gasteiger partial charge in [0, 0.05) is 11.1 Å². The summed E-state index contributed by atoms with van der Waals surface area (Å²) in [5.41, 5.74) is 3.12. The predicted molar refractivity (Wildman–Crippen MR) is 93.3 cm³/mol. The van der Waals surface area contributed by atoms with E-state index in [1.807, 2.05) is 28.8 Å². The maximum Gasteiger partial charge on any atom is 0.355 e. The zero-order valence-electron chi connectivity index (χ0n) is 14.0. The summed E-state index contributed by atoms with van der Waals surface area (Å²) in [5, 5.41) is 1.01. The van der Waals surface area contributed by atoms with Crippen LogP contribution in [0, 0.1) is 5.82 Å². The highest BCUT2D eigenvalue weighted by atomic mass is 19.1. The molecule has 0 atom stereocenters. The van der Waals surface area contributed by atoms with Crippen molar-refractivity contribution in [1.82, 2.24) is 4.57 Å². The summed E-state index contributed by atoms with van der Waals surface area (Å²) < 4.78 is 20.5. The Balaban J connectivity index is 2.39. The van der Waals surface area contributed by atoms with Gasteiger partial charge in [0.2, 0.25) is 0 Å². The smallest absolute Gasteiger partial charge is 0.355 e. The number of fused-ring (bicyclic) bond motifs is 1. The topological polar surface area (TPSA) is 31.2 Å². The summed E-state index contributed by atoms with van der Waals surface area (Å²) in [6.45, 7) is 6.21. The molecular weight excluding hydrogens is 305 g/mol. The number of ether oxygens (including phenoxy) is 1. The third-order valence-electron chi connectivity index (χ3n) is 4.04. The van der Waals surface area contributed by atoms with Gasteiger partial charge in [-0.2, -0.15) is 0 Å². The summed E-state index contributed by atoms with van der Waals surface area (Å²) in [6, 6.07) is 14.0. The normalized spacial score (nSPS) is 11.2. The van der Waals surface area contributed by atoms with Crippen LogP contribution >= 0.6 is 0 Å². The lowest BCUT2D eigenvalue weighted by Crippen LogP contribution is -2.13. The van der Waals surface area contributed by atoms with E-state index in [0.29, 0.717) is 12.3 Å². The van der Waals surface area contributed by atoms with Crippen molar-refractivity contribution >= 4 is 16.9 Å². The maximum absolute atomic E-state index is 13.3. The van der Waals surface area contributed by atoms with Crippen LogP contribution in [-0.4, -0.2) is 17.1 Å². The van der Waals surface area contributed by atoms with Crippen LogP contribution in [0.25, 0.3) is 16.6 Å². The highest BCUT2D eigenvalue weighted by Crippen LogP contribution is 2.34. The zero-order valence-corrected chi connectivity index (χ0v) is 14.0. The third-order valence-corrected chi connectivity index (χ3v) is 4.04. The molecule has 0 aliphatic rings. The molecule has 0 amide bonds. The maximum atomic E-state index is 13.3. The van der Waals surface area contributed by atoms with Crippen molar-refractivity contribution in [3.63, 3.8) is 0 Å². The van der Waals surface area contributed by atoms with Gasteiger partial charge >= 0.3 is 5.97 Å². The van der Waals surface area contributed by atoms with Gasteiger partial charge in [-0.1, -0.05) is 32.0 Å². The van der Waals surface area contributed by atoms with Crippen molar-refractivity contribution in [3.8, 4) is 5.69 Å². The third kappa shape index (κ3) is 2.68. The number of carbonyl (C=O) groups excluding carboxylic acids is 1. The molecule has 2 aromatic carbocycles. The average molecular weight is 325 g/mol. The van der Waals surface area contributed by atoms with Crippen molar-refractivity contribution in [2.45, 2.75) is 26.7 Å². The van der Waals surface area contributed by atoms with Crippen molar-refractivity contribution < 1.29 is 13.9 Å². The first-order valence-electron chi connectivity index (χ1n) is 8.11. The number of aromatic nitrogens is 1. The molecule has 0 N–H and O–H groups in total. The number of hydrogen-bond acceptors (Lipinski definition) is 2. The molecule has 3 aromatic rings. The predicted octanol–water partition coefficient (Wildman–Crippen LogP) is 5.07. The van der Waals surface area contributed by atoms with Crippen LogP contribution in [0.4, 0.5) is 4.39 Å². The van der Waals surface area contributed by atoms with E-state index < -0.39 is 0 Å². The number of carbonyl (C=O) groups is 1. The van der Waals surface area contributed by atoms with Crippen LogP contribution in [0.15, 0.2) is 48.5 Å². The first-order valence-corrected chi connectivity index (χ1v) is 8.11. The molecule has 0 saturated heterocycles. The summed E-state index contributed by atoms with van der Waals surface area (Å²) in [5.74, 6) is -0.519. The molecule has 0 aliphatic carbocycles. The minimum Gasteiger partial charge on any atom is -0.461 e. The Morgan fingerprint density at radius 3 is 2.42 bits per heavy atom. The Kier molecular flexibility index (Phi) is 4.38. The average Bonchev–Trinajstić information content (AvgIpc) is 2.91. The van der Waals surface area contributed by atoms with Crippen molar-refractivity contribution in [2.24, 2.45) is 0 Å². The fourth-order valence-electron chi connectivity index (χ4n) is 3.11. The summed E-state index contributed by atoms with van der Waals surface area (Å²) in [7, 11) is 0. The minimum atomic E-state index is -0.360. The number of para-hydroxylation sites is 1. The van der Waals surface area contributed by atoms with E-state index in [0.717, 1.165) is 22.2 Å².